The highest BCUT2D eigenvalue weighted by Crippen LogP contribution is 2.46. The van der Waals surface area contributed by atoms with Gasteiger partial charge in [-0.25, -0.2) is 18.6 Å². The van der Waals surface area contributed by atoms with Crippen molar-refractivity contribution in [2.75, 3.05) is 6.61 Å². The molecule has 6 nitrogen and oxygen atoms in total. The molecule has 0 bridgehead atoms. The smallest absolute Gasteiger partial charge is 0.355 e. The van der Waals surface area contributed by atoms with Gasteiger partial charge in [-0.2, -0.15) is 4.39 Å². The van der Waals surface area contributed by atoms with E-state index in [0.717, 1.165) is 12.1 Å². The molecule has 1 aromatic heterocycles. The lowest BCUT2D eigenvalue weighted by atomic mass is 9.87. The van der Waals surface area contributed by atoms with Gasteiger partial charge in [-0.3, -0.25) is 0 Å². The number of aliphatic hydroxyl groups is 1. The number of benzene rings is 1. The molecule has 0 amide bonds. The van der Waals surface area contributed by atoms with Crippen LogP contribution >= 0.6 is 11.3 Å². The van der Waals surface area contributed by atoms with Crippen LogP contribution in [0.2, 0.25) is 0 Å². The first-order valence-electron chi connectivity index (χ1n) is 9.13. The topological polar surface area (TPSA) is 88.9 Å². The van der Waals surface area contributed by atoms with Crippen LogP contribution < -0.4 is 4.74 Å². The summed E-state index contributed by atoms with van der Waals surface area (Å²) in [4.78, 5) is 15.1. The van der Waals surface area contributed by atoms with Gasteiger partial charge in [-0.15, -0.1) is 11.3 Å². The number of fused-ring (bicyclic) bond motifs is 1. The van der Waals surface area contributed by atoms with Crippen molar-refractivity contribution < 1.29 is 37.7 Å². The lowest BCUT2D eigenvalue weighted by molar-refractivity contribution is -0.0812. The molecule has 2 fully saturated rings. The maximum Gasteiger partial charge on any atom is 0.355 e. The zero-order valence-corrected chi connectivity index (χ0v) is 15.9. The van der Waals surface area contributed by atoms with Gasteiger partial charge in [0, 0.05) is 17.7 Å². The molecule has 1 aromatic carbocycles. The van der Waals surface area contributed by atoms with Crippen molar-refractivity contribution in [2.24, 2.45) is 11.8 Å². The standard InChI is InChI=1S/C19H18F3NO5S/c20-10-2-4-13(17(22)16(10)21)27-6-9-8-1-3-14(28-15(8)5-12(9)24)18-23-11(7-29-18)19(25)26/h2,4,7-9,12,14-15,24H,1,3,5-6H2,(H,25,26)/t8-,9-,12-,14-,15+/m1/s1. The van der Waals surface area contributed by atoms with Crippen LogP contribution in [0, 0.1) is 29.3 Å². The second-order valence-corrected chi connectivity index (χ2v) is 8.12. The molecular weight excluding hydrogens is 411 g/mol. The Morgan fingerprint density at radius 2 is 2.07 bits per heavy atom. The average molecular weight is 429 g/mol. The Bertz CT molecular complexity index is 923. The fourth-order valence-electron chi connectivity index (χ4n) is 4.08. The number of rotatable bonds is 5. The van der Waals surface area contributed by atoms with E-state index >= 15 is 0 Å². The average Bonchev–Trinajstić information content (AvgIpc) is 3.30. The zero-order chi connectivity index (χ0) is 20.7. The molecule has 1 saturated heterocycles. The Balaban J connectivity index is 1.41. The second-order valence-electron chi connectivity index (χ2n) is 7.23. The zero-order valence-electron chi connectivity index (χ0n) is 15.1. The number of carboxylic acid groups (broad SMARTS) is 1. The van der Waals surface area contributed by atoms with Gasteiger partial charge in [0.15, 0.2) is 23.1 Å². The summed E-state index contributed by atoms with van der Waals surface area (Å²) in [5.74, 6) is -6.19. The molecule has 4 rings (SSSR count). The SMILES string of the molecule is O=C(O)c1csc([C@H]2CC[C@@H]3[C@@H](COc4ccc(F)c(F)c4F)[C@H](O)C[C@@H]3O2)n1. The van der Waals surface area contributed by atoms with Gasteiger partial charge in [-0.1, -0.05) is 0 Å². The number of aromatic nitrogens is 1. The Hall–Kier alpha value is -2.17. The minimum Gasteiger partial charge on any atom is -0.490 e. The lowest BCUT2D eigenvalue weighted by Crippen LogP contribution is -2.33. The molecule has 2 heterocycles. The number of carbonyl (C=O) groups is 1. The monoisotopic (exact) mass is 429 g/mol. The molecule has 2 aromatic rings. The van der Waals surface area contributed by atoms with Crippen LogP contribution in [-0.2, 0) is 4.74 Å². The quantitative estimate of drug-likeness (QED) is 0.707. The summed E-state index contributed by atoms with van der Waals surface area (Å²) in [6.07, 6.45) is 0.267. The van der Waals surface area contributed by atoms with Crippen LogP contribution in [0.5, 0.6) is 5.75 Å². The second kappa shape index (κ2) is 7.92. The van der Waals surface area contributed by atoms with E-state index < -0.39 is 35.3 Å². The van der Waals surface area contributed by atoms with Gasteiger partial charge in [-0.05, 0) is 30.9 Å². The number of nitrogens with zero attached hydrogens (tertiary/aromatic N) is 1. The summed E-state index contributed by atoms with van der Waals surface area (Å²) >= 11 is 1.22. The van der Waals surface area contributed by atoms with Gasteiger partial charge >= 0.3 is 5.97 Å². The summed E-state index contributed by atoms with van der Waals surface area (Å²) in [5.41, 5.74) is -0.0259. The third-order valence-electron chi connectivity index (χ3n) is 5.54. The Kier molecular flexibility index (Phi) is 5.50. The van der Waals surface area contributed by atoms with E-state index in [2.05, 4.69) is 4.98 Å². The van der Waals surface area contributed by atoms with Crippen molar-refractivity contribution in [1.29, 1.82) is 0 Å². The molecule has 2 aliphatic rings. The number of carboxylic acids is 1. The third-order valence-corrected chi connectivity index (χ3v) is 6.48. The van der Waals surface area contributed by atoms with E-state index in [4.69, 9.17) is 14.6 Å². The molecule has 156 valence electrons. The van der Waals surface area contributed by atoms with Gasteiger partial charge in [0.1, 0.15) is 11.1 Å². The minimum absolute atomic E-state index is 0.0259. The highest BCUT2D eigenvalue weighted by molar-refractivity contribution is 7.09. The molecule has 1 saturated carbocycles. The van der Waals surface area contributed by atoms with Crippen LogP contribution in [0.25, 0.3) is 0 Å². The van der Waals surface area contributed by atoms with Crippen molar-refractivity contribution in [3.8, 4) is 5.75 Å². The number of hydrogen-bond acceptors (Lipinski definition) is 6. The fourth-order valence-corrected chi connectivity index (χ4v) is 4.95. The van der Waals surface area contributed by atoms with Crippen LogP contribution in [0.15, 0.2) is 17.5 Å². The molecule has 10 heteroatoms. The van der Waals surface area contributed by atoms with Crippen LogP contribution in [0.3, 0.4) is 0 Å². The maximum absolute atomic E-state index is 13.8. The van der Waals surface area contributed by atoms with E-state index in [1.165, 1.54) is 16.7 Å². The first-order valence-corrected chi connectivity index (χ1v) is 10.0. The van der Waals surface area contributed by atoms with Gasteiger partial charge in [0.25, 0.3) is 0 Å². The minimum atomic E-state index is -1.60. The Morgan fingerprint density at radius 1 is 1.28 bits per heavy atom. The van der Waals surface area contributed by atoms with Crippen molar-refractivity contribution in [3.63, 3.8) is 0 Å². The number of halogens is 3. The number of hydrogen-bond donors (Lipinski definition) is 2. The lowest BCUT2D eigenvalue weighted by Gasteiger charge is -2.33. The number of aliphatic hydroxyl groups excluding tert-OH is 1. The largest absolute Gasteiger partial charge is 0.490 e. The normalized spacial score (nSPS) is 28.9. The van der Waals surface area contributed by atoms with E-state index in [0.29, 0.717) is 24.3 Å². The van der Waals surface area contributed by atoms with Gasteiger partial charge < -0.3 is 19.7 Å². The molecular formula is C19H18F3NO5S. The highest BCUT2D eigenvalue weighted by Gasteiger charge is 2.47. The fraction of sp³-hybridized carbons (Fsp3) is 0.474. The Morgan fingerprint density at radius 3 is 2.79 bits per heavy atom. The van der Waals surface area contributed by atoms with E-state index in [9.17, 15) is 23.1 Å². The molecule has 2 N–H and O–H groups in total. The first-order chi connectivity index (χ1) is 13.8. The summed E-state index contributed by atoms with van der Waals surface area (Å²) in [6.45, 7) is -0.0568. The summed E-state index contributed by atoms with van der Waals surface area (Å²) < 4.78 is 51.6. The van der Waals surface area contributed by atoms with Crippen LogP contribution in [-0.4, -0.2) is 40.0 Å². The first kappa shape index (κ1) is 20.1. The maximum atomic E-state index is 13.8. The summed E-state index contributed by atoms with van der Waals surface area (Å²) in [6, 6.07) is 1.80. The highest BCUT2D eigenvalue weighted by atomic mass is 32.1. The van der Waals surface area contributed by atoms with Crippen molar-refractivity contribution in [1.82, 2.24) is 4.98 Å². The summed E-state index contributed by atoms with van der Waals surface area (Å²) in [7, 11) is 0. The molecule has 1 aliphatic heterocycles. The molecule has 5 atom stereocenters. The number of aromatic carboxylic acids is 1. The molecule has 0 radical (unpaired) electrons. The van der Waals surface area contributed by atoms with Crippen molar-refractivity contribution in [3.05, 3.63) is 45.7 Å². The van der Waals surface area contributed by atoms with Gasteiger partial charge in [0.05, 0.1) is 18.8 Å². The van der Waals surface area contributed by atoms with Crippen molar-refractivity contribution >= 4 is 17.3 Å². The molecule has 29 heavy (non-hydrogen) atoms. The van der Waals surface area contributed by atoms with Gasteiger partial charge in [0.2, 0.25) is 5.82 Å². The predicted octanol–water partition coefficient (Wildman–Crippen LogP) is 3.55. The predicted molar refractivity (Wildman–Crippen MR) is 95.3 cm³/mol. The van der Waals surface area contributed by atoms with Crippen LogP contribution in [0.1, 0.15) is 40.9 Å². The van der Waals surface area contributed by atoms with Crippen LogP contribution in [0.4, 0.5) is 13.2 Å². The molecule has 0 unspecified atom stereocenters. The number of thiazole rings is 1. The third kappa shape index (κ3) is 3.84. The molecule has 0 spiro atoms. The van der Waals surface area contributed by atoms with E-state index in [-0.39, 0.29) is 36.3 Å². The molecule has 1 aliphatic carbocycles. The number of ether oxygens (including phenoxy) is 2. The van der Waals surface area contributed by atoms with E-state index in [1.54, 1.807) is 0 Å². The van der Waals surface area contributed by atoms with E-state index in [1.807, 2.05) is 0 Å². The summed E-state index contributed by atoms with van der Waals surface area (Å²) in [5, 5.41) is 21.5. The van der Waals surface area contributed by atoms with Crippen molar-refractivity contribution in [2.45, 2.75) is 37.6 Å². The Labute approximate surface area is 167 Å².